The van der Waals surface area contributed by atoms with Crippen molar-refractivity contribution >= 4 is 15.9 Å². The molecule has 0 heterocycles. The summed E-state index contributed by atoms with van der Waals surface area (Å²) in [5.74, 6) is 1.75. The van der Waals surface area contributed by atoms with Gasteiger partial charge in [-0.25, -0.2) is 0 Å². The number of halogens is 1. The standard InChI is InChI=1S/C14H20BrNO/c1-2-17-14-7-6-11(15)9-12(14)13(16)8-10-4-3-5-10/h6-7,9-10,13H,2-5,8,16H2,1H3. The first-order valence-electron chi connectivity index (χ1n) is 6.38. The number of hydrogen-bond acceptors (Lipinski definition) is 2. The van der Waals surface area contributed by atoms with E-state index in [1.807, 2.05) is 19.1 Å². The molecule has 1 aromatic carbocycles. The summed E-state index contributed by atoms with van der Waals surface area (Å²) in [5.41, 5.74) is 7.44. The summed E-state index contributed by atoms with van der Waals surface area (Å²) in [4.78, 5) is 0. The van der Waals surface area contributed by atoms with Gasteiger partial charge >= 0.3 is 0 Å². The fraction of sp³-hybridized carbons (Fsp3) is 0.571. The molecule has 1 unspecified atom stereocenters. The third kappa shape index (κ3) is 3.23. The molecule has 17 heavy (non-hydrogen) atoms. The van der Waals surface area contributed by atoms with Gasteiger partial charge in [-0.1, -0.05) is 35.2 Å². The summed E-state index contributed by atoms with van der Waals surface area (Å²) < 4.78 is 6.71. The number of nitrogens with two attached hydrogens (primary N) is 1. The van der Waals surface area contributed by atoms with Gasteiger partial charge in [0, 0.05) is 16.1 Å². The maximum Gasteiger partial charge on any atom is 0.124 e. The minimum Gasteiger partial charge on any atom is -0.494 e. The smallest absolute Gasteiger partial charge is 0.124 e. The summed E-state index contributed by atoms with van der Waals surface area (Å²) in [7, 11) is 0. The van der Waals surface area contributed by atoms with Gasteiger partial charge in [0.1, 0.15) is 5.75 Å². The van der Waals surface area contributed by atoms with Gasteiger partial charge in [0.05, 0.1) is 6.61 Å². The molecule has 0 spiro atoms. The lowest BCUT2D eigenvalue weighted by Gasteiger charge is -2.28. The van der Waals surface area contributed by atoms with E-state index in [0.29, 0.717) is 6.61 Å². The molecule has 1 aliphatic carbocycles. The highest BCUT2D eigenvalue weighted by Crippen LogP contribution is 2.37. The van der Waals surface area contributed by atoms with Gasteiger partial charge in [-0.15, -0.1) is 0 Å². The van der Waals surface area contributed by atoms with Crippen LogP contribution in [-0.4, -0.2) is 6.61 Å². The Kier molecular flexibility index (Phi) is 4.46. The Morgan fingerprint density at radius 1 is 1.47 bits per heavy atom. The van der Waals surface area contributed by atoms with Gasteiger partial charge in [-0.3, -0.25) is 0 Å². The summed E-state index contributed by atoms with van der Waals surface area (Å²) in [6.07, 6.45) is 5.13. The minimum absolute atomic E-state index is 0.0966. The number of hydrogen-bond donors (Lipinski definition) is 1. The largest absolute Gasteiger partial charge is 0.494 e. The van der Waals surface area contributed by atoms with Crippen LogP contribution in [-0.2, 0) is 0 Å². The summed E-state index contributed by atoms with van der Waals surface area (Å²) in [6.45, 7) is 2.69. The number of rotatable bonds is 5. The number of benzene rings is 1. The molecule has 0 aromatic heterocycles. The Labute approximate surface area is 112 Å². The molecular weight excluding hydrogens is 278 g/mol. The molecule has 0 bridgehead atoms. The lowest BCUT2D eigenvalue weighted by Crippen LogP contribution is -2.20. The molecule has 1 atom stereocenters. The predicted octanol–water partition coefficient (Wildman–Crippen LogP) is 4.04. The van der Waals surface area contributed by atoms with E-state index in [4.69, 9.17) is 10.5 Å². The van der Waals surface area contributed by atoms with E-state index in [1.165, 1.54) is 19.3 Å². The topological polar surface area (TPSA) is 35.2 Å². The van der Waals surface area contributed by atoms with E-state index >= 15 is 0 Å². The van der Waals surface area contributed by atoms with Crippen LogP contribution in [0.2, 0.25) is 0 Å². The van der Waals surface area contributed by atoms with Crippen molar-refractivity contribution in [1.29, 1.82) is 0 Å². The van der Waals surface area contributed by atoms with Crippen molar-refractivity contribution in [3.63, 3.8) is 0 Å². The molecule has 1 aromatic rings. The highest BCUT2D eigenvalue weighted by atomic mass is 79.9. The highest BCUT2D eigenvalue weighted by Gasteiger charge is 2.22. The van der Waals surface area contributed by atoms with Crippen molar-refractivity contribution in [1.82, 2.24) is 0 Å². The van der Waals surface area contributed by atoms with Crippen LogP contribution in [0.4, 0.5) is 0 Å². The van der Waals surface area contributed by atoms with Crippen molar-refractivity contribution in [2.24, 2.45) is 11.7 Å². The molecule has 1 aliphatic rings. The Morgan fingerprint density at radius 3 is 2.82 bits per heavy atom. The lowest BCUT2D eigenvalue weighted by atomic mass is 9.80. The summed E-state index contributed by atoms with van der Waals surface area (Å²) in [5, 5.41) is 0. The zero-order valence-electron chi connectivity index (χ0n) is 10.3. The Hall–Kier alpha value is -0.540. The monoisotopic (exact) mass is 297 g/mol. The Balaban J connectivity index is 2.12. The molecule has 2 N–H and O–H groups in total. The van der Waals surface area contributed by atoms with Gasteiger partial charge in [-0.05, 0) is 37.5 Å². The van der Waals surface area contributed by atoms with Gasteiger partial charge in [-0.2, -0.15) is 0 Å². The second-order valence-corrected chi connectivity index (χ2v) is 5.67. The first-order valence-corrected chi connectivity index (χ1v) is 7.17. The predicted molar refractivity (Wildman–Crippen MR) is 74.2 cm³/mol. The molecule has 3 heteroatoms. The highest BCUT2D eigenvalue weighted by molar-refractivity contribution is 9.10. The van der Waals surface area contributed by atoms with Crippen LogP contribution in [0.1, 0.15) is 44.2 Å². The van der Waals surface area contributed by atoms with Gasteiger partial charge in [0.15, 0.2) is 0 Å². The molecule has 94 valence electrons. The first-order chi connectivity index (χ1) is 8.20. The minimum atomic E-state index is 0.0966. The van der Waals surface area contributed by atoms with Crippen molar-refractivity contribution in [2.45, 2.75) is 38.6 Å². The normalized spacial score (nSPS) is 17.6. The van der Waals surface area contributed by atoms with Crippen molar-refractivity contribution in [2.75, 3.05) is 6.61 Å². The summed E-state index contributed by atoms with van der Waals surface area (Å²) in [6, 6.07) is 6.20. The lowest BCUT2D eigenvalue weighted by molar-refractivity contribution is 0.272. The fourth-order valence-corrected chi connectivity index (χ4v) is 2.69. The second kappa shape index (κ2) is 5.87. The van der Waals surface area contributed by atoms with E-state index < -0.39 is 0 Å². The molecule has 0 radical (unpaired) electrons. The van der Waals surface area contributed by atoms with Crippen molar-refractivity contribution in [3.8, 4) is 5.75 Å². The van der Waals surface area contributed by atoms with Crippen LogP contribution in [0.15, 0.2) is 22.7 Å². The van der Waals surface area contributed by atoms with E-state index in [1.54, 1.807) is 0 Å². The van der Waals surface area contributed by atoms with Crippen molar-refractivity contribution < 1.29 is 4.74 Å². The van der Waals surface area contributed by atoms with Gasteiger partial charge < -0.3 is 10.5 Å². The van der Waals surface area contributed by atoms with E-state index in [-0.39, 0.29) is 6.04 Å². The van der Waals surface area contributed by atoms with Crippen LogP contribution in [0.25, 0.3) is 0 Å². The summed E-state index contributed by atoms with van der Waals surface area (Å²) >= 11 is 3.50. The molecule has 0 aliphatic heterocycles. The van der Waals surface area contributed by atoms with E-state index in [0.717, 1.165) is 28.1 Å². The fourth-order valence-electron chi connectivity index (χ4n) is 2.31. The van der Waals surface area contributed by atoms with E-state index in [2.05, 4.69) is 22.0 Å². The molecule has 1 saturated carbocycles. The third-order valence-electron chi connectivity index (χ3n) is 3.48. The average Bonchev–Trinajstić information content (AvgIpc) is 2.26. The SMILES string of the molecule is CCOc1ccc(Br)cc1C(N)CC1CCC1. The maximum absolute atomic E-state index is 6.30. The van der Waals surface area contributed by atoms with Gasteiger partial charge in [0.2, 0.25) is 0 Å². The molecule has 2 rings (SSSR count). The quantitative estimate of drug-likeness (QED) is 0.890. The molecule has 0 saturated heterocycles. The Morgan fingerprint density at radius 2 is 2.24 bits per heavy atom. The van der Waals surface area contributed by atoms with Crippen LogP contribution < -0.4 is 10.5 Å². The molecule has 0 amide bonds. The molecule has 1 fully saturated rings. The van der Waals surface area contributed by atoms with Gasteiger partial charge in [0.25, 0.3) is 0 Å². The van der Waals surface area contributed by atoms with Crippen LogP contribution in [0.3, 0.4) is 0 Å². The van der Waals surface area contributed by atoms with Crippen LogP contribution in [0.5, 0.6) is 5.75 Å². The zero-order chi connectivity index (χ0) is 12.3. The third-order valence-corrected chi connectivity index (χ3v) is 3.98. The van der Waals surface area contributed by atoms with Crippen LogP contribution >= 0.6 is 15.9 Å². The molecular formula is C14H20BrNO. The Bertz CT molecular complexity index is 376. The van der Waals surface area contributed by atoms with Crippen molar-refractivity contribution in [3.05, 3.63) is 28.2 Å². The maximum atomic E-state index is 6.30. The number of ether oxygens (including phenoxy) is 1. The second-order valence-electron chi connectivity index (χ2n) is 4.75. The zero-order valence-corrected chi connectivity index (χ0v) is 11.9. The van der Waals surface area contributed by atoms with Crippen LogP contribution in [0, 0.1) is 5.92 Å². The first kappa shape index (κ1) is 12.9. The molecule has 2 nitrogen and oxygen atoms in total. The van der Waals surface area contributed by atoms with E-state index in [9.17, 15) is 0 Å². The average molecular weight is 298 g/mol.